The molecule has 0 atom stereocenters. The van der Waals surface area contributed by atoms with Crippen molar-refractivity contribution in [3.05, 3.63) is 76.4 Å². The molecule has 0 N–H and O–H groups in total. The number of esters is 1. The third kappa shape index (κ3) is 3.86. The summed E-state index contributed by atoms with van der Waals surface area (Å²) in [6, 6.07) is 15.9. The SMILES string of the molecule is CCc1ccc(C(=O)COC(=O)c2cc(Cl)nc3ccccc23)cc1. The van der Waals surface area contributed by atoms with Crippen LogP contribution < -0.4 is 0 Å². The van der Waals surface area contributed by atoms with Gasteiger partial charge in [0.05, 0.1) is 11.1 Å². The van der Waals surface area contributed by atoms with E-state index in [2.05, 4.69) is 4.98 Å². The van der Waals surface area contributed by atoms with Crippen LogP contribution in [-0.2, 0) is 11.2 Å². The van der Waals surface area contributed by atoms with Crippen LogP contribution in [0.1, 0.15) is 33.2 Å². The first-order chi connectivity index (χ1) is 12.1. The maximum atomic E-state index is 12.4. The van der Waals surface area contributed by atoms with E-state index in [1.807, 2.05) is 25.1 Å². The number of para-hydroxylation sites is 1. The molecular formula is C20H16ClNO3. The van der Waals surface area contributed by atoms with Crippen molar-refractivity contribution in [1.82, 2.24) is 4.98 Å². The Hall–Kier alpha value is -2.72. The summed E-state index contributed by atoms with van der Waals surface area (Å²) < 4.78 is 5.19. The molecule has 4 nitrogen and oxygen atoms in total. The lowest BCUT2D eigenvalue weighted by atomic mass is 10.1. The van der Waals surface area contributed by atoms with E-state index in [1.165, 1.54) is 6.07 Å². The van der Waals surface area contributed by atoms with E-state index in [0.29, 0.717) is 22.0 Å². The zero-order valence-electron chi connectivity index (χ0n) is 13.7. The summed E-state index contributed by atoms with van der Waals surface area (Å²) in [5.74, 6) is -0.848. The third-order valence-electron chi connectivity index (χ3n) is 3.92. The molecule has 0 saturated carbocycles. The number of halogens is 1. The normalized spacial score (nSPS) is 10.6. The molecule has 3 rings (SSSR count). The van der Waals surface area contributed by atoms with Gasteiger partial charge in [-0.1, -0.05) is 61.0 Å². The molecule has 1 heterocycles. The average molecular weight is 354 g/mol. The molecule has 0 saturated heterocycles. The van der Waals surface area contributed by atoms with Gasteiger partial charge in [-0.3, -0.25) is 4.79 Å². The Kier molecular flexibility index (Phi) is 5.10. The monoisotopic (exact) mass is 353 g/mol. The van der Waals surface area contributed by atoms with Gasteiger partial charge in [-0.25, -0.2) is 9.78 Å². The average Bonchev–Trinajstić information content (AvgIpc) is 2.65. The minimum absolute atomic E-state index is 0.201. The number of rotatable bonds is 5. The van der Waals surface area contributed by atoms with Gasteiger partial charge in [0, 0.05) is 10.9 Å². The fourth-order valence-corrected chi connectivity index (χ4v) is 2.73. The molecule has 0 aliphatic heterocycles. The number of pyridine rings is 1. The van der Waals surface area contributed by atoms with E-state index in [0.717, 1.165) is 12.0 Å². The molecule has 0 bridgehead atoms. The van der Waals surface area contributed by atoms with Crippen LogP contribution in [0.4, 0.5) is 0 Å². The quantitative estimate of drug-likeness (QED) is 0.385. The van der Waals surface area contributed by atoms with Crippen LogP contribution in [0.5, 0.6) is 0 Å². The van der Waals surface area contributed by atoms with Gasteiger partial charge in [0.1, 0.15) is 5.15 Å². The second-order valence-electron chi connectivity index (χ2n) is 5.56. The highest BCUT2D eigenvalue weighted by molar-refractivity contribution is 6.30. The summed E-state index contributed by atoms with van der Waals surface area (Å²) in [6.45, 7) is 1.72. The molecule has 0 fully saturated rings. The third-order valence-corrected chi connectivity index (χ3v) is 4.12. The number of carbonyl (C=O) groups excluding carboxylic acids is 2. The molecule has 0 aliphatic carbocycles. The Balaban J connectivity index is 1.75. The number of hydrogen-bond donors (Lipinski definition) is 0. The fourth-order valence-electron chi connectivity index (χ4n) is 2.53. The predicted molar refractivity (Wildman–Crippen MR) is 97.2 cm³/mol. The number of carbonyl (C=O) groups is 2. The number of ketones is 1. The number of nitrogens with zero attached hydrogens (tertiary/aromatic N) is 1. The second kappa shape index (κ2) is 7.45. The fraction of sp³-hybridized carbons (Fsp3) is 0.150. The molecule has 3 aromatic rings. The molecule has 0 aliphatic rings. The van der Waals surface area contributed by atoms with Gasteiger partial charge in [-0.2, -0.15) is 0 Å². The van der Waals surface area contributed by atoms with E-state index in [1.54, 1.807) is 30.3 Å². The highest BCUT2D eigenvalue weighted by Gasteiger charge is 2.16. The van der Waals surface area contributed by atoms with Crippen molar-refractivity contribution in [2.45, 2.75) is 13.3 Å². The number of Topliss-reactive ketones (excluding diaryl/α,β-unsaturated/α-hetero) is 1. The molecule has 0 spiro atoms. The van der Waals surface area contributed by atoms with Crippen molar-refractivity contribution >= 4 is 34.3 Å². The largest absolute Gasteiger partial charge is 0.454 e. The molecule has 0 unspecified atom stereocenters. The van der Waals surface area contributed by atoms with Crippen molar-refractivity contribution in [2.24, 2.45) is 0 Å². The van der Waals surface area contributed by atoms with Crippen LogP contribution in [0.3, 0.4) is 0 Å². The first kappa shape index (κ1) is 17.1. The summed E-state index contributed by atoms with van der Waals surface area (Å²) in [5, 5.41) is 0.837. The molecule has 2 aromatic carbocycles. The van der Waals surface area contributed by atoms with Gasteiger partial charge in [-0.15, -0.1) is 0 Å². The Morgan fingerprint density at radius 2 is 1.80 bits per heavy atom. The Bertz CT molecular complexity index is 935. The maximum absolute atomic E-state index is 12.4. The van der Waals surface area contributed by atoms with E-state index in [4.69, 9.17) is 16.3 Å². The van der Waals surface area contributed by atoms with Crippen LogP contribution in [0.25, 0.3) is 10.9 Å². The molecule has 0 amide bonds. The van der Waals surface area contributed by atoms with Crippen molar-refractivity contribution in [3.63, 3.8) is 0 Å². The zero-order valence-corrected chi connectivity index (χ0v) is 14.4. The first-order valence-corrected chi connectivity index (χ1v) is 8.31. The lowest BCUT2D eigenvalue weighted by molar-refractivity contribution is 0.0476. The lowest BCUT2D eigenvalue weighted by Crippen LogP contribution is -2.14. The smallest absolute Gasteiger partial charge is 0.339 e. The Labute approximate surface area is 150 Å². The van der Waals surface area contributed by atoms with Crippen LogP contribution in [-0.4, -0.2) is 23.3 Å². The van der Waals surface area contributed by atoms with E-state index < -0.39 is 5.97 Å². The standard InChI is InChI=1S/C20H16ClNO3/c1-2-13-7-9-14(10-8-13)18(23)12-25-20(24)16-11-19(21)22-17-6-4-3-5-15(16)17/h3-11H,2,12H2,1H3. The summed E-state index contributed by atoms with van der Waals surface area (Å²) in [6.07, 6.45) is 0.902. The van der Waals surface area contributed by atoms with Gasteiger partial charge >= 0.3 is 5.97 Å². The van der Waals surface area contributed by atoms with Crippen molar-refractivity contribution in [2.75, 3.05) is 6.61 Å². The summed E-state index contributed by atoms with van der Waals surface area (Å²) in [5.41, 5.74) is 2.56. The number of aryl methyl sites for hydroxylation is 1. The Morgan fingerprint density at radius 3 is 2.52 bits per heavy atom. The number of ether oxygens (including phenoxy) is 1. The molecular weight excluding hydrogens is 338 g/mol. The minimum Gasteiger partial charge on any atom is -0.454 e. The van der Waals surface area contributed by atoms with Gasteiger partial charge < -0.3 is 4.74 Å². The Morgan fingerprint density at radius 1 is 1.08 bits per heavy atom. The van der Waals surface area contributed by atoms with Crippen LogP contribution in [0.15, 0.2) is 54.6 Å². The molecule has 5 heteroatoms. The number of benzene rings is 2. The molecule has 0 radical (unpaired) electrons. The van der Waals surface area contributed by atoms with Crippen molar-refractivity contribution < 1.29 is 14.3 Å². The first-order valence-electron chi connectivity index (χ1n) is 7.93. The highest BCUT2D eigenvalue weighted by Crippen LogP contribution is 2.21. The van der Waals surface area contributed by atoms with Crippen molar-refractivity contribution in [3.8, 4) is 0 Å². The summed E-state index contributed by atoms with van der Waals surface area (Å²) in [4.78, 5) is 28.7. The predicted octanol–water partition coefficient (Wildman–Crippen LogP) is 4.49. The van der Waals surface area contributed by atoms with Crippen molar-refractivity contribution in [1.29, 1.82) is 0 Å². The topological polar surface area (TPSA) is 56.3 Å². The van der Waals surface area contributed by atoms with Crippen LogP contribution in [0.2, 0.25) is 5.15 Å². The van der Waals surface area contributed by atoms with Gasteiger partial charge in [0.25, 0.3) is 0 Å². The van der Waals surface area contributed by atoms with E-state index in [9.17, 15) is 9.59 Å². The van der Waals surface area contributed by atoms with Gasteiger partial charge in [0.2, 0.25) is 0 Å². The van der Waals surface area contributed by atoms with E-state index in [-0.39, 0.29) is 17.5 Å². The number of hydrogen-bond acceptors (Lipinski definition) is 4. The highest BCUT2D eigenvalue weighted by atomic mass is 35.5. The second-order valence-corrected chi connectivity index (χ2v) is 5.95. The summed E-state index contributed by atoms with van der Waals surface area (Å²) in [7, 11) is 0. The minimum atomic E-state index is -0.598. The number of aromatic nitrogens is 1. The summed E-state index contributed by atoms with van der Waals surface area (Å²) >= 11 is 5.97. The van der Waals surface area contributed by atoms with Gasteiger partial charge in [0.15, 0.2) is 12.4 Å². The van der Waals surface area contributed by atoms with E-state index >= 15 is 0 Å². The molecule has 25 heavy (non-hydrogen) atoms. The van der Waals surface area contributed by atoms with Crippen LogP contribution in [0, 0.1) is 0 Å². The lowest BCUT2D eigenvalue weighted by Gasteiger charge is -2.08. The zero-order chi connectivity index (χ0) is 17.8. The van der Waals surface area contributed by atoms with Crippen LogP contribution >= 0.6 is 11.6 Å². The maximum Gasteiger partial charge on any atom is 0.339 e. The molecule has 1 aromatic heterocycles. The number of fused-ring (bicyclic) bond motifs is 1. The van der Waals surface area contributed by atoms with Gasteiger partial charge in [-0.05, 0) is 24.1 Å². The molecule has 126 valence electrons.